The Morgan fingerprint density at radius 1 is 0.291 bits per heavy atom. The molecule has 0 N–H and O–H groups in total. The second-order valence-corrected chi connectivity index (χ2v) is 14.0. The Kier molecular flexibility index (Phi) is 7.14. The zero-order valence-electron chi connectivity index (χ0n) is 29.6. The van der Waals surface area contributed by atoms with Crippen LogP contribution >= 0.6 is 0 Å². The monoisotopic (exact) mass is 701 g/mol. The van der Waals surface area contributed by atoms with Crippen molar-refractivity contribution in [1.29, 1.82) is 0 Å². The fourth-order valence-corrected chi connectivity index (χ4v) is 8.10. The maximum Gasteiger partial charge on any atom is 0.164 e. The molecule has 4 heteroatoms. The van der Waals surface area contributed by atoms with Crippen molar-refractivity contribution in [3.05, 3.63) is 188 Å². The summed E-state index contributed by atoms with van der Waals surface area (Å²) < 4.78 is 6.30. The molecule has 0 fully saturated rings. The molecule has 0 saturated heterocycles. The highest BCUT2D eigenvalue weighted by Crippen LogP contribution is 2.39. The first-order valence-corrected chi connectivity index (χ1v) is 18.5. The molecule has 0 bridgehead atoms. The molecule has 11 aromatic rings. The van der Waals surface area contributed by atoms with E-state index in [4.69, 9.17) is 19.4 Å². The van der Waals surface area contributed by atoms with Gasteiger partial charge >= 0.3 is 0 Å². The topological polar surface area (TPSA) is 51.8 Å². The van der Waals surface area contributed by atoms with Crippen molar-refractivity contribution in [3.63, 3.8) is 0 Å². The van der Waals surface area contributed by atoms with Crippen LogP contribution in [0.15, 0.2) is 192 Å². The van der Waals surface area contributed by atoms with Crippen molar-refractivity contribution in [2.75, 3.05) is 0 Å². The minimum atomic E-state index is 0.592. The van der Waals surface area contributed by atoms with Crippen LogP contribution in [0.3, 0.4) is 0 Å². The molecule has 11 rings (SSSR count). The third-order valence-electron chi connectivity index (χ3n) is 10.7. The van der Waals surface area contributed by atoms with Gasteiger partial charge in [-0.05, 0) is 78.8 Å². The number of hydrogen-bond acceptors (Lipinski definition) is 4. The Hall–Kier alpha value is -7.43. The molecule has 9 aromatic carbocycles. The van der Waals surface area contributed by atoms with Gasteiger partial charge < -0.3 is 4.42 Å². The van der Waals surface area contributed by atoms with E-state index in [1.54, 1.807) is 0 Å². The zero-order chi connectivity index (χ0) is 36.3. The first-order chi connectivity index (χ1) is 27.2. The summed E-state index contributed by atoms with van der Waals surface area (Å²) in [7, 11) is 0. The lowest BCUT2D eigenvalue weighted by Crippen LogP contribution is -2.01. The van der Waals surface area contributed by atoms with Gasteiger partial charge in [0.1, 0.15) is 11.2 Å². The molecule has 0 aliphatic rings. The predicted octanol–water partition coefficient (Wildman–Crippen LogP) is 13.6. The van der Waals surface area contributed by atoms with Crippen LogP contribution in [0.4, 0.5) is 0 Å². The van der Waals surface area contributed by atoms with Gasteiger partial charge in [0.05, 0.1) is 0 Å². The van der Waals surface area contributed by atoms with E-state index >= 15 is 0 Å². The highest BCUT2D eigenvalue weighted by atomic mass is 16.3. The lowest BCUT2D eigenvalue weighted by Gasteiger charge is -2.14. The fourth-order valence-electron chi connectivity index (χ4n) is 8.10. The molecule has 4 nitrogen and oxygen atoms in total. The third kappa shape index (κ3) is 5.26. The Balaban J connectivity index is 1.11. The van der Waals surface area contributed by atoms with E-state index in [9.17, 15) is 0 Å². The summed E-state index contributed by atoms with van der Waals surface area (Å²) >= 11 is 0. The summed E-state index contributed by atoms with van der Waals surface area (Å²) in [5.41, 5.74) is 8.76. The molecule has 0 amide bonds. The van der Waals surface area contributed by atoms with Crippen molar-refractivity contribution in [2.45, 2.75) is 0 Å². The van der Waals surface area contributed by atoms with Crippen LogP contribution in [0.5, 0.6) is 0 Å². The average Bonchev–Trinajstić information content (AvgIpc) is 3.65. The van der Waals surface area contributed by atoms with Crippen molar-refractivity contribution < 1.29 is 4.42 Å². The van der Waals surface area contributed by atoms with Gasteiger partial charge in [0.15, 0.2) is 17.5 Å². The number of hydrogen-bond donors (Lipinski definition) is 0. The molecule has 2 heterocycles. The lowest BCUT2D eigenvalue weighted by molar-refractivity contribution is 0.669. The predicted molar refractivity (Wildman–Crippen MR) is 227 cm³/mol. The molecule has 0 aliphatic heterocycles. The van der Waals surface area contributed by atoms with Gasteiger partial charge in [-0.3, -0.25) is 0 Å². The second kappa shape index (κ2) is 12.6. The van der Waals surface area contributed by atoms with Gasteiger partial charge in [0.2, 0.25) is 0 Å². The van der Waals surface area contributed by atoms with E-state index in [0.29, 0.717) is 17.5 Å². The second-order valence-electron chi connectivity index (χ2n) is 14.0. The van der Waals surface area contributed by atoms with Crippen molar-refractivity contribution in [2.24, 2.45) is 0 Å². The molecule has 55 heavy (non-hydrogen) atoms. The van der Waals surface area contributed by atoms with Crippen molar-refractivity contribution in [1.82, 2.24) is 15.0 Å². The molecular weight excluding hydrogens is 671 g/mol. The van der Waals surface area contributed by atoms with Crippen molar-refractivity contribution in [3.8, 4) is 56.4 Å². The number of rotatable bonds is 5. The summed E-state index contributed by atoms with van der Waals surface area (Å²) in [5, 5.41) is 9.46. The largest absolute Gasteiger partial charge is 0.456 e. The normalized spacial score (nSPS) is 11.6. The van der Waals surface area contributed by atoms with E-state index in [2.05, 4.69) is 152 Å². The molecule has 0 aliphatic carbocycles. The van der Waals surface area contributed by atoms with Gasteiger partial charge in [-0.2, -0.15) is 0 Å². The summed E-state index contributed by atoms with van der Waals surface area (Å²) in [6.45, 7) is 0. The Morgan fingerprint density at radius 2 is 0.873 bits per heavy atom. The number of furan rings is 1. The summed E-state index contributed by atoms with van der Waals surface area (Å²) in [6, 6.07) is 65.8. The van der Waals surface area contributed by atoms with E-state index in [1.807, 2.05) is 36.4 Å². The zero-order valence-corrected chi connectivity index (χ0v) is 29.6. The van der Waals surface area contributed by atoms with Gasteiger partial charge in [-0.15, -0.1) is 0 Å². The number of nitrogens with zero attached hydrogens (tertiary/aromatic N) is 3. The minimum absolute atomic E-state index is 0.592. The minimum Gasteiger partial charge on any atom is -0.456 e. The van der Waals surface area contributed by atoms with Gasteiger partial charge in [0, 0.05) is 27.5 Å². The Morgan fingerprint density at radius 3 is 1.75 bits per heavy atom. The molecule has 256 valence electrons. The maximum absolute atomic E-state index is 6.30. The number of fused-ring (bicyclic) bond motifs is 8. The molecule has 0 spiro atoms. The van der Waals surface area contributed by atoms with Crippen LogP contribution in [-0.2, 0) is 0 Å². The average molecular weight is 702 g/mol. The third-order valence-corrected chi connectivity index (χ3v) is 10.7. The van der Waals surface area contributed by atoms with Gasteiger partial charge in [-0.1, -0.05) is 164 Å². The summed E-state index contributed by atoms with van der Waals surface area (Å²) in [4.78, 5) is 15.7. The SMILES string of the molecule is c1ccc(-c2cccc(-c3nc(-c4ccccc4-c4ccc5c(ccc6c7ccccc7ccc56)c4)nc(-c4cccc5oc6ccccc6c45)n3)c2)cc1. The molecule has 0 saturated carbocycles. The van der Waals surface area contributed by atoms with Gasteiger partial charge in [0.25, 0.3) is 0 Å². The van der Waals surface area contributed by atoms with E-state index in [0.717, 1.165) is 60.9 Å². The number of aromatic nitrogens is 3. The van der Waals surface area contributed by atoms with Crippen LogP contribution in [0.2, 0.25) is 0 Å². The van der Waals surface area contributed by atoms with Gasteiger partial charge in [-0.25, -0.2) is 15.0 Å². The van der Waals surface area contributed by atoms with Crippen molar-refractivity contribution >= 4 is 54.3 Å². The summed E-state index contributed by atoms with van der Waals surface area (Å²) in [5.74, 6) is 1.81. The molecule has 0 unspecified atom stereocenters. The quantitative estimate of drug-likeness (QED) is 0.168. The van der Waals surface area contributed by atoms with Crippen LogP contribution in [0.1, 0.15) is 0 Å². The smallest absolute Gasteiger partial charge is 0.164 e. The van der Waals surface area contributed by atoms with E-state index in [-0.39, 0.29) is 0 Å². The molecular formula is C51H31N3O. The maximum atomic E-state index is 6.30. The van der Waals surface area contributed by atoms with Crippen LogP contribution in [0, 0.1) is 0 Å². The highest BCUT2D eigenvalue weighted by molar-refractivity contribution is 6.17. The number of para-hydroxylation sites is 1. The Bertz CT molecular complexity index is 3270. The highest BCUT2D eigenvalue weighted by Gasteiger charge is 2.20. The molecule has 0 atom stereocenters. The van der Waals surface area contributed by atoms with Crippen LogP contribution < -0.4 is 0 Å². The molecule has 0 radical (unpaired) electrons. The number of benzene rings is 9. The van der Waals surface area contributed by atoms with E-state index in [1.165, 1.54) is 32.3 Å². The molecule has 2 aromatic heterocycles. The lowest BCUT2D eigenvalue weighted by atomic mass is 9.93. The first-order valence-electron chi connectivity index (χ1n) is 18.5. The van der Waals surface area contributed by atoms with Crippen LogP contribution in [0.25, 0.3) is 111 Å². The Labute approximate surface area is 317 Å². The first kappa shape index (κ1) is 31.1. The fraction of sp³-hybridized carbons (Fsp3) is 0. The van der Waals surface area contributed by atoms with E-state index < -0.39 is 0 Å². The van der Waals surface area contributed by atoms with Crippen LogP contribution in [-0.4, -0.2) is 15.0 Å². The standard InChI is InChI=1S/C51H31N3O/c1-2-12-32(13-3-1)34-15-10-16-37(30-34)49-52-50(54-51(53-49)45-21-11-23-47-48(45)44-20-8-9-22-46(44)55-47)43-19-7-6-18-39(43)35-25-27-40-36(31-35)26-29-41-38-17-5-4-14-33(38)24-28-42(40)41/h1-31H. The summed E-state index contributed by atoms with van der Waals surface area (Å²) in [6.07, 6.45) is 0.